The Balaban J connectivity index is 1.88. The molecule has 5 rings (SSSR count). The highest BCUT2D eigenvalue weighted by Crippen LogP contribution is 2.40. The van der Waals surface area contributed by atoms with E-state index in [0.717, 1.165) is 25.7 Å². The molecular formula is C21H11F3N2S. The zero-order valence-corrected chi connectivity index (χ0v) is 14.6. The lowest BCUT2D eigenvalue weighted by Crippen LogP contribution is -2.10. The number of benzene rings is 3. The number of nitrogens with zero attached hydrogens (tertiary/aromatic N) is 2. The number of halogens is 3. The predicted molar refractivity (Wildman–Crippen MR) is 103 cm³/mol. The molecule has 27 heavy (non-hydrogen) atoms. The Kier molecular flexibility index (Phi) is 3.45. The van der Waals surface area contributed by atoms with Crippen molar-refractivity contribution in [1.29, 1.82) is 0 Å². The van der Waals surface area contributed by atoms with Crippen LogP contribution in [-0.4, -0.2) is 10.2 Å². The largest absolute Gasteiger partial charge is 0.435 e. The highest BCUT2D eigenvalue weighted by molar-refractivity contribution is 7.22. The molecule has 3 aromatic carbocycles. The molecule has 2 aromatic heterocycles. The molecule has 0 spiro atoms. The fourth-order valence-electron chi connectivity index (χ4n) is 3.33. The molecule has 0 N–H and O–H groups in total. The average Bonchev–Trinajstić information content (AvgIpc) is 3.08. The first-order valence-electron chi connectivity index (χ1n) is 8.26. The summed E-state index contributed by atoms with van der Waals surface area (Å²) >= 11 is 1.50. The molecule has 0 aliphatic heterocycles. The third-order valence-electron chi connectivity index (χ3n) is 4.57. The lowest BCUT2D eigenvalue weighted by molar-refractivity contribution is -0.140. The minimum Gasteiger partial charge on any atom is -0.164 e. The SMILES string of the molecule is FC(F)(F)c1nnc(-c2cc3ccccc3s2)c2cc3ccccc3cc12. The zero-order chi connectivity index (χ0) is 18.6. The van der Waals surface area contributed by atoms with E-state index in [1.54, 1.807) is 18.2 Å². The van der Waals surface area contributed by atoms with Crippen LogP contribution in [0.3, 0.4) is 0 Å². The summed E-state index contributed by atoms with van der Waals surface area (Å²) in [6, 6.07) is 20.5. The smallest absolute Gasteiger partial charge is 0.164 e. The molecule has 2 nitrogen and oxygen atoms in total. The van der Waals surface area contributed by atoms with E-state index in [9.17, 15) is 13.2 Å². The molecule has 0 saturated heterocycles. The van der Waals surface area contributed by atoms with Gasteiger partial charge >= 0.3 is 6.18 Å². The van der Waals surface area contributed by atoms with Crippen LogP contribution in [0.15, 0.2) is 66.7 Å². The van der Waals surface area contributed by atoms with Crippen molar-refractivity contribution in [3.63, 3.8) is 0 Å². The van der Waals surface area contributed by atoms with Gasteiger partial charge in [0.25, 0.3) is 0 Å². The zero-order valence-electron chi connectivity index (χ0n) is 13.8. The highest BCUT2D eigenvalue weighted by Gasteiger charge is 2.36. The fourth-order valence-corrected chi connectivity index (χ4v) is 4.39. The van der Waals surface area contributed by atoms with Crippen LogP contribution in [0.2, 0.25) is 0 Å². The monoisotopic (exact) mass is 380 g/mol. The maximum absolute atomic E-state index is 13.5. The molecule has 2 heterocycles. The van der Waals surface area contributed by atoms with Gasteiger partial charge in [-0.15, -0.1) is 21.5 Å². The van der Waals surface area contributed by atoms with Crippen molar-refractivity contribution in [2.75, 3.05) is 0 Å². The van der Waals surface area contributed by atoms with Crippen LogP contribution in [0.1, 0.15) is 5.69 Å². The van der Waals surface area contributed by atoms with Gasteiger partial charge in [0.2, 0.25) is 0 Å². The van der Waals surface area contributed by atoms with Gasteiger partial charge in [0, 0.05) is 15.5 Å². The number of thiophene rings is 1. The van der Waals surface area contributed by atoms with Gasteiger partial charge < -0.3 is 0 Å². The van der Waals surface area contributed by atoms with E-state index < -0.39 is 11.9 Å². The Morgan fingerprint density at radius 2 is 1.33 bits per heavy atom. The topological polar surface area (TPSA) is 25.8 Å². The third kappa shape index (κ3) is 2.64. The summed E-state index contributed by atoms with van der Waals surface area (Å²) in [7, 11) is 0. The molecule has 0 aliphatic carbocycles. The maximum atomic E-state index is 13.5. The van der Waals surface area contributed by atoms with Gasteiger partial charge in [-0.1, -0.05) is 42.5 Å². The molecule has 0 aliphatic rings. The van der Waals surface area contributed by atoms with Gasteiger partial charge in [-0.3, -0.25) is 0 Å². The van der Waals surface area contributed by atoms with Crippen LogP contribution < -0.4 is 0 Å². The van der Waals surface area contributed by atoms with Crippen LogP contribution >= 0.6 is 11.3 Å². The Morgan fingerprint density at radius 3 is 2.00 bits per heavy atom. The van der Waals surface area contributed by atoms with Crippen molar-refractivity contribution < 1.29 is 13.2 Å². The van der Waals surface area contributed by atoms with Crippen molar-refractivity contribution in [3.05, 3.63) is 72.4 Å². The van der Waals surface area contributed by atoms with Gasteiger partial charge in [-0.25, -0.2) is 0 Å². The van der Waals surface area contributed by atoms with E-state index in [-0.39, 0.29) is 5.39 Å². The minimum atomic E-state index is -4.56. The first kappa shape index (κ1) is 16.2. The summed E-state index contributed by atoms with van der Waals surface area (Å²) < 4.78 is 41.6. The molecule has 6 heteroatoms. The highest BCUT2D eigenvalue weighted by atomic mass is 32.1. The molecular weight excluding hydrogens is 369 g/mol. The second-order valence-corrected chi connectivity index (χ2v) is 7.37. The average molecular weight is 380 g/mol. The molecule has 5 aromatic rings. The predicted octanol–water partition coefficient (Wildman–Crippen LogP) is 6.68. The van der Waals surface area contributed by atoms with Crippen molar-refractivity contribution in [2.24, 2.45) is 0 Å². The van der Waals surface area contributed by atoms with Gasteiger partial charge in [0.05, 0.1) is 4.88 Å². The Bertz CT molecular complexity index is 1290. The molecule has 0 unspecified atom stereocenters. The number of rotatable bonds is 1. The molecule has 0 atom stereocenters. The van der Waals surface area contributed by atoms with Crippen molar-refractivity contribution in [3.8, 4) is 10.6 Å². The van der Waals surface area contributed by atoms with E-state index in [1.165, 1.54) is 11.3 Å². The maximum Gasteiger partial charge on any atom is 0.435 e. The molecule has 0 radical (unpaired) electrons. The third-order valence-corrected chi connectivity index (χ3v) is 5.70. The van der Waals surface area contributed by atoms with Crippen LogP contribution in [-0.2, 0) is 6.18 Å². The van der Waals surface area contributed by atoms with E-state index in [4.69, 9.17) is 0 Å². The summed E-state index contributed by atoms with van der Waals surface area (Å²) in [6.07, 6.45) is -4.56. The van der Waals surface area contributed by atoms with E-state index in [2.05, 4.69) is 10.2 Å². The number of hydrogen-bond donors (Lipinski definition) is 0. The summed E-state index contributed by atoms with van der Waals surface area (Å²) in [6.45, 7) is 0. The quantitative estimate of drug-likeness (QED) is 0.303. The second kappa shape index (κ2) is 5.76. The van der Waals surface area contributed by atoms with E-state index >= 15 is 0 Å². The summed E-state index contributed by atoms with van der Waals surface area (Å²) in [5.74, 6) is 0. The summed E-state index contributed by atoms with van der Waals surface area (Å²) in [4.78, 5) is 0.803. The molecule has 132 valence electrons. The molecule has 0 fully saturated rings. The number of aromatic nitrogens is 2. The molecule has 0 amide bonds. The number of hydrogen-bond acceptors (Lipinski definition) is 3. The van der Waals surface area contributed by atoms with Crippen LogP contribution in [0.5, 0.6) is 0 Å². The molecule has 0 saturated carbocycles. The van der Waals surface area contributed by atoms with Crippen LogP contribution in [0.25, 0.3) is 42.2 Å². The van der Waals surface area contributed by atoms with Crippen molar-refractivity contribution in [1.82, 2.24) is 10.2 Å². The van der Waals surface area contributed by atoms with Crippen LogP contribution in [0.4, 0.5) is 13.2 Å². The molecule has 0 bridgehead atoms. The van der Waals surface area contributed by atoms with Gasteiger partial charge in [0.1, 0.15) is 5.69 Å². The Labute approximate surface area is 155 Å². The van der Waals surface area contributed by atoms with E-state index in [1.807, 2.05) is 48.5 Å². The normalized spacial score (nSPS) is 12.3. The van der Waals surface area contributed by atoms with E-state index in [0.29, 0.717) is 11.1 Å². The van der Waals surface area contributed by atoms with Crippen molar-refractivity contribution >= 4 is 43.0 Å². The van der Waals surface area contributed by atoms with Crippen LogP contribution in [0, 0.1) is 0 Å². The lowest BCUT2D eigenvalue weighted by Gasteiger charge is -2.12. The van der Waals surface area contributed by atoms with Crippen molar-refractivity contribution in [2.45, 2.75) is 6.18 Å². The van der Waals surface area contributed by atoms with Gasteiger partial charge in [0.15, 0.2) is 5.69 Å². The first-order chi connectivity index (χ1) is 13.0. The van der Waals surface area contributed by atoms with Gasteiger partial charge in [-0.05, 0) is 40.4 Å². The number of alkyl halides is 3. The fraction of sp³-hybridized carbons (Fsp3) is 0.0476. The van der Waals surface area contributed by atoms with Gasteiger partial charge in [-0.2, -0.15) is 13.2 Å². The Morgan fingerprint density at radius 1 is 0.704 bits per heavy atom. The summed E-state index contributed by atoms with van der Waals surface area (Å²) in [5, 5.41) is 10.7. The Hall–Kier alpha value is -2.99. The lowest BCUT2D eigenvalue weighted by atomic mass is 10.0. The standard InChI is InChI=1S/C21H11F3N2S/c22-21(23,24)20-16-10-13-6-2-1-5-12(13)9-15(16)19(25-26-20)18-11-14-7-3-4-8-17(14)27-18/h1-11H. The second-order valence-electron chi connectivity index (χ2n) is 6.29. The first-order valence-corrected chi connectivity index (χ1v) is 9.08. The minimum absolute atomic E-state index is 0.0728. The summed E-state index contributed by atoms with van der Waals surface area (Å²) in [5.41, 5.74) is -0.474. The number of fused-ring (bicyclic) bond motifs is 3.